The van der Waals surface area contributed by atoms with E-state index in [9.17, 15) is 14.7 Å². The molecule has 2 aliphatic rings. The van der Waals surface area contributed by atoms with E-state index < -0.39 is 12.0 Å². The molecule has 178 valence electrons. The molecule has 1 saturated heterocycles. The van der Waals surface area contributed by atoms with Crippen LogP contribution >= 0.6 is 0 Å². The molecule has 1 aromatic carbocycles. The molecule has 0 bridgehead atoms. The molecule has 1 amide bonds. The first-order valence-corrected chi connectivity index (χ1v) is 11.4. The highest BCUT2D eigenvalue weighted by Crippen LogP contribution is 2.34. The number of nitrogens with zero attached hydrogens (tertiary/aromatic N) is 1. The van der Waals surface area contributed by atoms with E-state index in [0.29, 0.717) is 30.6 Å². The Hall–Kier alpha value is -2.16. The zero-order valence-electron chi connectivity index (χ0n) is 19.2. The fourth-order valence-electron chi connectivity index (χ4n) is 4.55. The summed E-state index contributed by atoms with van der Waals surface area (Å²) in [7, 11) is 3.12. The molecule has 8 heteroatoms. The van der Waals surface area contributed by atoms with Crippen molar-refractivity contribution >= 4 is 17.6 Å². The number of amides is 1. The Kier molecular flexibility index (Phi) is 8.90. The lowest BCUT2D eigenvalue weighted by atomic mass is 9.82. The normalized spacial score (nSPS) is 23.3. The lowest BCUT2D eigenvalue weighted by Crippen LogP contribution is -2.49. The highest BCUT2D eigenvalue weighted by Gasteiger charge is 2.35. The van der Waals surface area contributed by atoms with Gasteiger partial charge in [0.15, 0.2) is 0 Å². The molecule has 1 heterocycles. The number of carbonyl (C=O) groups excluding carboxylic acids is 1. The van der Waals surface area contributed by atoms with Crippen molar-refractivity contribution in [3.8, 4) is 5.75 Å². The summed E-state index contributed by atoms with van der Waals surface area (Å²) in [6.45, 7) is 3.79. The lowest BCUT2D eigenvalue weighted by Gasteiger charge is -2.36. The van der Waals surface area contributed by atoms with Crippen LogP contribution in [0.15, 0.2) is 18.2 Å². The van der Waals surface area contributed by atoms with Crippen molar-refractivity contribution in [3.05, 3.63) is 23.8 Å². The highest BCUT2D eigenvalue weighted by molar-refractivity contribution is 6.03. The van der Waals surface area contributed by atoms with Crippen molar-refractivity contribution < 1.29 is 33.6 Å². The Morgan fingerprint density at radius 1 is 1.12 bits per heavy atom. The van der Waals surface area contributed by atoms with Crippen molar-refractivity contribution in [1.82, 2.24) is 0 Å². The van der Waals surface area contributed by atoms with Crippen LogP contribution in [-0.2, 0) is 19.0 Å². The van der Waals surface area contributed by atoms with Crippen LogP contribution in [0.4, 0.5) is 5.69 Å². The van der Waals surface area contributed by atoms with Crippen LogP contribution in [0.25, 0.3) is 0 Å². The number of hydrogen-bond acceptors (Lipinski definition) is 6. The summed E-state index contributed by atoms with van der Waals surface area (Å²) in [4.78, 5) is 27.5. The number of rotatable bonds is 10. The second kappa shape index (κ2) is 11.6. The average Bonchev–Trinajstić information content (AvgIpc) is 3.28. The number of carboxylic acids is 1. The van der Waals surface area contributed by atoms with Gasteiger partial charge in [-0.2, -0.15) is 0 Å². The number of hydrogen-bond donors (Lipinski definition) is 1. The number of benzene rings is 1. The zero-order valence-corrected chi connectivity index (χ0v) is 19.2. The third-order valence-corrected chi connectivity index (χ3v) is 6.33. The number of aromatic carboxylic acids is 1. The fraction of sp³-hybridized carbons (Fsp3) is 0.667. The molecule has 1 saturated carbocycles. The maximum atomic E-state index is 13.7. The van der Waals surface area contributed by atoms with E-state index in [0.717, 1.165) is 32.1 Å². The molecule has 1 N–H and O–H groups in total. The van der Waals surface area contributed by atoms with E-state index in [-0.39, 0.29) is 36.7 Å². The Labute approximate surface area is 189 Å². The predicted octanol–water partition coefficient (Wildman–Crippen LogP) is 3.37. The van der Waals surface area contributed by atoms with Gasteiger partial charge in [-0.05, 0) is 49.8 Å². The van der Waals surface area contributed by atoms with Gasteiger partial charge < -0.3 is 29.0 Å². The summed E-state index contributed by atoms with van der Waals surface area (Å²) in [6, 6.07) is 4.44. The summed E-state index contributed by atoms with van der Waals surface area (Å²) < 4.78 is 22.0. The summed E-state index contributed by atoms with van der Waals surface area (Å²) >= 11 is 0. The second-order valence-corrected chi connectivity index (χ2v) is 8.82. The van der Waals surface area contributed by atoms with E-state index in [4.69, 9.17) is 18.9 Å². The van der Waals surface area contributed by atoms with Gasteiger partial charge in [-0.15, -0.1) is 0 Å². The summed E-state index contributed by atoms with van der Waals surface area (Å²) in [6.07, 6.45) is 4.25. The van der Waals surface area contributed by atoms with Gasteiger partial charge >= 0.3 is 5.97 Å². The molecule has 0 aromatic heterocycles. The van der Waals surface area contributed by atoms with Crippen LogP contribution in [0.1, 0.15) is 49.4 Å². The Balaban J connectivity index is 1.96. The smallest absolute Gasteiger partial charge is 0.337 e. The van der Waals surface area contributed by atoms with Gasteiger partial charge in [0.2, 0.25) is 5.91 Å². The maximum Gasteiger partial charge on any atom is 0.337 e. The molecule has 1 atom stereocenters. The molecule has 1 aromatic rings. The highest BCUT2D eigenvalue weighted by atomic mass is 16.5. The van der Waals surface area contributed by atoms with Crippen LogP contribution in [0, 0.1) is 11.8 Å². The SMILES string of the molecule is COCC(COC)N(C(=O)C1CCC(C)CC1)c1ccc(OC2CCOC2)cc1C(=O)O. The number of methoxy groups -OCH3 is 2. The van der Waals surface area contributed by atoms with Crippen molar-refractivity contribution in [3.63, 3.8) is 0 Å². The molecule has 1 aliphatic heterocycles. The fourth-order valence-corrected chi connectivity index (χ4v) is 4.55. The standard InChI is InChI=1S/C24H35NO7/c1-16-4-6-17(7-5-16)23(26)25(18(13-29-2)14-30-3)22-9-8-19(12-21(22)24(27)28)32-20-10-11-31-15-20/h8-9,12,16-18,20H,4-7,10-11,13-15H2,1-3H3,(H,27,28). The van der Waals surface area contributed by atoms with Crippen molar-refractivity contribution in [2.45, 2.75) is 51.2 Å². The largest absolute Gasteiger partial charge is 0.488 e. The Morgan fingerprint density at radius 3 is 2.38 bits per heavy atom. The maximum absolute atomic E-state index is 13.7. The van der Waals surface area contributed by atoms with Crippen molar-refractivity contribution in [2.75, 3.05) is 45.5 Å². The summed E-state index contributed by atoms with van der Waals surface area (Å²) in [5, 5.41) is 9.99. The molecule has 0 spiro atoms. The third kappa shape index (κ3) is 5.99. The molecular formula is C24H35NO7. The molecule has 1 aliphatic carbocycles. The quantitative estimate of drug-likeness (QED) is 0.585. The molecular weight excluding hydrogens is 414 g/mol. The van der Waals surface area contributed by atoms with Crippen molar-refractivity contribution in [2.24, 2.45) is 11.8 Å². The molecule has 2 fully saturated rings. The van der Waals surface area contributed by atoms with Gasteiger partial charge in [0.1, 0.15) is 11.9 Å². The summed E-state index contributed by atoms with van der Waals surface area (Å²) in [5.41, 5.74) is 0.367. The monoisotopic (exact) mass is 449 g/mol. The number of anilines is 1. The van der Waals surface area contributed by atoms with Crippen LogP contribution in [0.2, 0.25) is 0 Å². The Morgan fingerprint density at radius 2 is 1.81 bits per heavy atom. The van der Waals surface area contributed by atoms with E-state index in [1.807, 2.05) is 0 Å². The topological polar surface area (TPSA) is 94.5 Å². The number of carbonyl (C=O) groups is 2. The minimum atomic E-state index is -1.11. The van der Waals surface area contributed by atoms with E-state index in [1.165, 1.54) is 6.07 Å². The van der Waals surface area contributed by atoms with Gasteiger partial charge in [-0.25, -0.2) is 4.79 Å². The minimum absolute atomic E-state index is 0.0242. The van der Waals surface area contributed by atoms with Gasteiger partial charge in [-0.1, -0.05) is 6.92 Å². The van der Waals surface area contributed by atoms with Crippen LogP contribution < -0.4 is 9.64 Å². The summed E-state index contributed by atoms with van der Waals surface area (Å²) in [5.74, 6) is -0.272. The van der Waals surface area contributed by atoms with E-state index >= 15 is 0 Å². The van der Waals surface area contributed by atoms with Crippen LogP contribution in [0.5, 0.6) is 5.75 Å². The number of ether oxygens (including phenoxy) is 4. The average molecular weight is 450 g/mol. The van der Waals surface area contributed by atoms with Crippen molar-refractivity contribution in [1.29, 1.82) is 0 Å². The van der Waals surface area contributed by atoms with Gasteiger partial charge in [0.05, 0.1) is 43.7 Å². The minimum Gasteiger partial charge on any atom is -0.488 e. The Bertz CT molecular complexity index is 764. The molecule has 32 heavy (non-hydrogen) atoms. The van der Waals surface area contributed by atoms with Gasteiger partial charge in [0.25, 0.3) is 0 Å². The lowest BCUT2D eigenvalue weighted by molar-refractivity contribution is -0.124. The second-order valence-electron chi connectivity index (χ2n) is 8.82. The van der Waals surface area contributed by atoms with Gasteiger partial charge in [0, 0.05) is 26.6 Å². The van der Waals surface area contributed by atoms with Crippen LogP contribution in [0.3, 0.4) is 0 Å². The first-order chi connectivity index (χ1) is 15.4. The van der Waals surface area contributed by atoms with E-state index in [1.54, 1.807) is 31.3 Å². The first-order valence-electron chi connectivity index (χ1n) is 11.4. The third-order valence-electron chi connectivity index (χ3n) is 6.33. The first kappa shape index (κ1) is 24.5. The molecule has 1 unspecified atom stereocenters. The molecule has 3 rings (SSSR count). The van der Waals surface area contributed by atoms with Crippen LogP contribution in [-0.4, -0.2) is 69.8 Å². The number of carboxylic acid groups (broad SMARTS) is 1. The molecule has 8 nitrogen and oxygen atoms in total. The zero-order chi connectivity index (χ0) is 23.1. The van der Waals surface area contributed by atoms with E-state index in [2.05, 4.69) is 6.92 Å². The predicted molar refractivity (Wildman–Crippen MR) is 119 cm³/mol. The molecule has 0 radical (unpaired) electrons. The van der Waals surface area contributed by atoms with Gasteiger partial charge in [-0.3, -0.25) is 4.79 Å².